The van der Waals surface area contributed by atoms with Gasteiger partial charge in [0.2, 0.25) is 0 Å². The maximum atomic E-state index is 12.3. The summed E-state index contributed by atoms with van der Waals surface area (Å²) >= 11 is 6.50. The summed E-state index contributed by atoms with van der Waals surface area (Å²) < 4.78 is 40.8. The molecular formula is C23H19ClF3N3O2. The Labute approximate surface area is 187 Å². The first-order valence-corrected chi connectivity index (χ1v) is 10.1. The van der Waals surface area contributed by atoms with Crippen molar-refractivity contribution in [1.29, 1.82) is 0 Å². The smallest absolute Gasteiger partial charge is 0.406 e. The zero-order chi connectivity index (χ0) is 22.7. The third-order valence-corrected chi connectivity index (χ3v) is 5.20. The van der Waals surface area contributed by atoms with Crippen LogP contribution in [0, 0.1) is 0 Å². The number of alkyl halides is 3. The van der Waals surface area contributed by atoms with E-state index < -0.39 is 12.5 Å². The summed E-state index contributed by atoms with van der Waals surface area (Å²) in [5.74, 6) is -0.331. The number of nitrogens with zero attached hydrogens (tertiary/aromatic N) is 2. The Hall–Kier alpha value is -3.23. The summed E-state index contributed by atoms with van der Waals surface area (Å²) in [6.45, 7) is 0.848. The number of ether oxygens (including phenoxy) is 1. The van der Waals surface area contributed by atoms with Crippen LogP contribution >= 0.6 is 11.6 Å². The van der Waals surface area contributed by atoms with Crippen LogP contribution in [0.4, 0.5) is 24.5 Å². The Morgan fingerprint density at radius 1 is 1.03 bits per heavy atom. The number of nitrogens with one attached hydrogen (secondary N) is 1. The molecule has 0 amide bonds. The zero-order valence-electron chi connectivity index (χ0n) is 16.7. The zero-order valence-corrected chi connectivity index (χ0v) is 17.4. The van der Waals surface area contributed by atoms with Crippen LogP contribution in [0.3, 0.4) is 0 Å². The fraction of sp³-hybridized carbons (Fsp3) is 0.174. The molecule has 2 N–H and O–H groups in total. The molecule has 1 heterocycles. The van der Waals surface area contributed by atoms with E-state index in [4.69, 9.17) is 11.6 Å². The molecule has 0 bridgehead atoms. The lowest BCUT2D eigenvalue weighted by Gasteiger charge is -2.35. The summed E-state index contributed by atoms with van der Waals surface area (Å²) in [5, 5.41) is 15.7. The molecule has 1 atom stereocenters. The molecule has 0 fully saturated rings. The average Bonchev–Trinajstić information content (AvgIpc) is 2.74. The molecule has 0 spiro atoms. The van der Waals surface area contributed by atoms with Gasteiger partial charge >= 0.3 is 6.36 Å². The number of aliphatic hydroxyl groups is 1. The van der Waals surface area contributed by atoms with Crippen molar-refractivity contribution in [2.75, 3.05) is 16.9 Å². The number of halogens is 4. The first kappa shape index (κ1) is 22.0. The van der Waals surface area contributed by atoms with E-state index in [1.54, 1.807) is 12.1 Å². The molecule has 0 aromatic heterocycles. The van der Waals surface area contributed by atoms with Gasteiger partial charge in [0.15, 0.2) is 0 Å². The Bertz CT molecular complexity index is 1110. The quantitative estimate of drug-likeness (QED) is 0.497. The van der Waals surface area contributed by atoms with E-state index in [2.05, 4.69) is 15.3 Å². The van der Waals surface area contributed by atoms with Gasteiger partial charge in [0, 0.05) is 12.1 Å². The summed E-state index contributed by atoms with van der Waals surface area (Å²) in [5.41, 5.74) is 6.13. The maximum absolute atomic E-state index is 12.3. The number of aliphatic hydroxyl groups excluding tert-OH is 1. The van der Waals surface area contributed by atoms with Gasteiger partial charge in [-0.1, -0.05) is 54.1 Å². The van der Waals surface area contributed by atoms with Gasteiger partial charge in [0.25, 0.3) is 0 Å². The van der Waals surface area contributed by atoms with Crippen molar-refractivity contribution in [3.63, 3.8) is 0 Å². The monoisotopic (exact) mass is 461 g/mol. The number of para-hydroxylation sites is 1. The van der Waals surface area contributed by atoms with Crippen LogP contribution in [0.5, 0.6) is 5.75 Å². The highest BCUT2D eigenvalue weighted by molar-refractivity contribution is 6.34. The first-order valence-electron chi connectivity index (χ1n) is 9.75. The van der Waals surface area contributed by atoms with Gasteiger partial charge in [-0.25, -0.2) is 0 Å². The normalized spacial score (nSPS) is 17.2. The summed E-state index contributed by atoms with van der Waals surface area (Å²) in [6, 6.07) is 20.4. The van der Waals surface area contributed by atoms with Crippen LogP contribution in [0.25, 0.3) is 0 Å². The van der Waals surface area contributed by atoms with E-state index in [-0.39, 0.29) is 12.3 Å². The summed E-state index contributed by atoms with van der Waals surface area (Å²) in [4.78, 5) is 2.00. The molecule has 5 nitrogen and oxygen atoms in total. The lowest BCUT2D eigenvalue weighted by molar-refractivity contribution is -0.274. The second-order valence-corrected chi connectivity index (χ2v) is 7.61. The number of anilines is 2. The van der Waals surface area contributed by atoms with Crippen LogP contribution in [0.2, 0.25) is 5.02 Å². The fourth-order valence-electron chi connectivity index (χ4n) is 3.55. The third kappa shape index (κ3) is 5.15. The van der Waals surface area contributed by atoms with Crippen LogP contribution < -0.4 is 15.1 Å². The van der Waals surface area contributed by atoms with Gasteiger partial charge in [-0.05, 0) is 35.9 Å². The van der Waals surface area contributed by atoms with Crippen molar-refractivity contribution in [2.24, 2.45) is 5.10 Å². The number of hydrogen-bond acceptors (Lipinski definition) is 5. The molecule has 1 unspecified atom stereocenters. The second kappa shape index (κ2) is 9.10. The van der Waals surface area contributed by atoms with Crippen molar-refractivity contribution in [3.8, 4) is 5.75 Å². The molecule has 0 saturated carbocycles. The standard InChI is InChI=1S/C23H19ClF3N3O2/c24-19-8-4-7-18-21(29-28-16-9-11-17(12-10-16)32-23(25,26)27)20(31)14-30(22(18)19)13-15-5-2-1-3-6-15/h1-12,20,28,31H,13-14H2. The van der Waals surface area contributed by atoms with E-state index in [1.165, 1.54) is 24.3 Å². The Morgan fingerprint density at radius 2 is 1.75 bits per heavy atom. The molecule has 1 aliphatic heterocycles. The van der Waals surface area contributed by atoms with Gasteiger partial charge in [0.05, 0.1) is 22.9 Å². The fourth-order valence-corrected chi connectivity index (χ4v) is 3.84. The molecule has 0 radical (unpaired) electrons. The van der Waals surface area contributed by atoms with Crippen molar-refractivity contribution >= 4 is 28.7 Å². The second-order valence-electron chi connectivity index (χ2n) is 7.20. The minimum Gasteiger partial charge on any atom is -0.406 e. The predicted octanol–water partition coefficient (Wildman–Crippen LogP) is 5.44. The van der Waals surface area contributed by atoms with E-state index in [1.807, 2.05) is 41.3 Å². The molecule has 166 valence electrons. The number of β-amino-alcohol motifs (C(OH)–C–C–N with tert-alkyl or cyclic N) is 1. The largest absolute Gasteiger partial charge is 0.573 e. The summed E-state index contributed by atoms with van der Waals surface area (Å²) in [6.07, 6.45) is -5.65. The molecule has 9 heteroatoms. The number of hydrazone groups is 1. The minimum absolute atomic E-state index is 0.282. The Kier molecular flexibility index (Phi) is 6.25. The minimum atomic E-state index is -4.75. The van der Waals surface area contributed by atoms with Gasteiger partial charge in [-0.2, -0.15) is 5.10 Å². The topological polar surface area (TPSA) is 57.1 Å². The molecule has 4 rings (SSSR count). The molecular weight excluding hydrogens is 443 g/mol. The number of rotatable bonds is 5. The third-order valence-electron chi connectivity index (χ3n) is 4.90. The van der Waals surface area contributed by atoms with Gasteiger partial charge in [0.1, 0.15) is 17.6 Å². The van der Waals surface area contributed by atoms with Crippen LogP contribution in [-0.2, 0) is 6.54 Å². The van der Waals surface area contributed by atoms with Crippen LogP contribution in [0.15, 0.2) is 77.9 Å². The van der Waals surface area contributed by atoms with Crippen molar-refractivity contribution < 1.29 is 23.0 Å². The lowest BCUT2D eigenvalue weighted by Crippen LogP contribution is -2.43. The highest BCUT2D eigenvalue weighted by atomic mass is 35.5. The van der Waals surface area contributed by atoms with Gasteiger partial charge in [-0.3, -0.25) is 5.43 Å². The van der Waals surface area contributed by atoms with Crippen molar-refractivity contribution in [1.82, 2.24) is 0 Å². The lowest BCUT2D eigenvalue weighted by atomic mass is 9.96. The molecule has 3 aromatic carbocycles. The SMILES string of the molecule is OC1CN(Cc2ccccc2)c2c(Cl)cccc2C1=NNc1ccc(OC(F)(F)F)cc1. The summed E-state index contributed by atoms with van der Waals surface area (Å²) in [7, 11) is 0. The Morgan fingerprint density at radius 3 is 2.44 bits per heavy atom. The van der Waals surface area contributed by atoms with Crippen LogP contribution in [0.1, 0.15) is 11.1 Å². The average molecular weight is 462 g/mol. The predicted molar refractivity (Wildman–Crippen MR) is 118 cm³/mol. The van der Waals surface area contributed by atoms with E-state index in [0.717, 1.165) is 11.3 Å². The molecule has 1 aliphatic rings. The number of fused-ring (bicyclic) bond motifs is 1. The molecule has 0 saturated heterocycles. The van der Waals surface area contributed by atoms with Gasteiger partial charge in [-0.15, -0.1) is 13.2 Å². The van der Waals surface area contributed by atoms with E-state index in [9.17, 15) is 18.3 Å². The van der Waals surface area contributed by atoms with Crippen molar-refractivity contribution in [3.05, 3.63) is 88.9 Å². The van der Waals surface area contributed by atoms with Crippen LogP contribution in [-0.4, -0.2) is 29.8 Å². The molecule has 3 aromatic rings. The molecule has 32 heavy (non-hydrogen) atoms. The number of benzene rings is 3. The Balaban J connectivity index is 1.58. The first-order chi connectivity index (χ1) is 15.3. The van der Waals surface area contributed by atoms with E-state index >= 15 is 0 Å². The van der Waals surface area contributed by atoms with Crippen molar-refractivity contribution in [2.45, 2.75) is 19.0 Å². The highest BCUT2D eigenvalue weighted by Crippen LogP contribution is 2.35. The highest BCUT2D eigenvalue weighted by Gasteiger charge is 2.32. The number of hydrogen-bond donors (Lipinski definition) is 2. The maximum Gasteiger partial charge on any atom is 0.573 e. The molecule has 0 aliphatic carbocycles. The van der Waals surface area contributed by atoms with E-state index in [0.29, 0.717) is 28.5 Å². The van der Waals surface area contributed by atoms with Gasteiger partial charge < -0.3 is 14.7 Å².